The van der Waals surface area contributed by atoms with Gasteiger partial charge in [-0.25, -0.2) is 0 Å². The number of H-pyrrole nitrogens is 1. The number of benzene rings is 1. The first-order chi connectivity index (χ1) is 10.5. The van der Waals surface area contributed by atoms with E-state index in [1.807, 2.05) is 49.0 Å². The average Bonchev–Trinajstić information content (AvgIpc) is 3.05. The smallest absolute Gasteiger partial charge is 0.255 e. The SMILES string of the molecule is Cc1nn(C(C)C)c(C)c1NC(=O)c1ccc2[nH]ccc2c1. The Balaban J connectivity index is 1.91. The van der Waals surface area contributed by atoms with Crippen LogP contribution in [0.4, 0.5) is 5.69 Å². The van der Waals surface area contributed by atoms with Gasteiger partial charge in [-0.2, -0.15) is 5.10 Å². The third kappa shape index (κ3) is 2.39. The zero-order chi connectivity index (χ0) is 15.9. The van der Waals surface area contributed by atoms with Gasteiger partial charge in [0.15, 0.2) is 0 Å². The molecule has 2 aromatic heterocycles. The fraction of sp³-hybridized carbons (Fsp3) is 0.294. The molecule has 0 aliphatic carbocycles. The van der Waals surface area contributed by atoms with Crippen molar-refractivity contribution in [3.8, 4) is 0 Å². The Hall–Kier alpha value is -2.56. The van der Waals surface area contributed by atoms with Gasteiger partial charge in [0.05, 0.1) is 17.1 Å². The second kappa shape index (κ2) is 5.33. The number of aryl methyl sites for hydroxylation is 1. The molecule has 2 heterocycles. The Morgan fingerprint density at radius 2 is 2.05 bits per heavy atom. The highest BCUT2D eigenvalue weighted by atomic mass is 16.1. The van der Waals surface area contributed by atoms with Crippen molar-refractivity contribution in [2.75, 3.05) is 5.32 Å². The Morgan fingerprint density at radius 1 is 1.27 bits per heavy atom. The fourth-order valence-corrected chi connectivity index (χ4v) is 2.73. The summed E-state index contributed by atoms with van der Waals surface area (Å²) in [6, 6.07) is 7.85. The van der Waals surface area contributed by atoms with Gasteiger partial charge in [0, 0.05) is 28.7 Å². The highest BCUT2D eigenvalue weighted by Crippen LogP contribution is 2.23. The van der Waals surface area contributed by atoms with Crippen LogP contribution in [-0.4, -0.2) is 20.7 Å². The molecule has 0 atom stereocenters. The topological polar surface area (TPSA) is 62.7 Å². The van der Waals surface area contributed by atoms with Crippen LogP contribution in [0.15, 0.2) is 30.5 Å². The number of amides is 1. The van der Waals surface area contributed by atoms with Crippen LogP contribution in [0.3, 0.4) is 0 Å². The monoisotopic (exact) mass is 296 g/mol. The molecule has 3 rings (SSSR count). The van der Waals surface area contributed by atoms with Crippen LogP contribution in [0, 0.1) is 13.8 Å². The predicted octanol–water partition coefficient (Wildman–Crippen LogP) is 3.81. The van der Waals surface area contributed by atoms with Crippen molar-refractivity contribution < 1.29 is 4.79 Å². The van der Waals surface area contributed by atoms with Gasteiger partial charge in [0.1, 0.15) is 0 Å². The molecule has 0 unspecified atom stereocenters. The molecule has 0 spiro atoms. The van der Waals surface area contributed by atoms with Gasteiger partial charge in [-0.05, 0) is 52.0 Å². The van der Waals surface area contributed by atoms with E-state index >= 15 is 0 Å². The normalized spacial score (nSPS) is 11.3. The van der Waals surface area contributed by atoms with Crippen molar-refractivity contribution in [1.29, 1.82) is 0 Å². The zero-order valence-electron chi connectivity index (χ0n) is 13.3. The first-order valence-electron chi connectivity index (χ1n) is 7.41. The van der Waals surface area contributed by atoms with E-state index in [-0.39, 0.29) is 11.9 Å². The number of aromatic nitrogens is 3. The second-order valence-electron chi connectivity index (χ2n) is 5.82. The van der Waals surface area contributed by atoms with E-state index in [1.165, 1.54) is 0 Å². The van der Waals surface area contributed by atoms with Crippen LogP contribution < -0.4 is 5.32 Å². The van der Waals surface area contributed by atoms with Crippen LogP contribution >= 0.6 is 0 Å². The molecule has 22 heavy (non-hydrogen) atoms. The van der Waals surface area contributed by atoms with Crippen molar-refractivity contribution >= 4 is 22.5 Å². The summed E-state index contributed by atoms with van der Waals surface area (Å²) in [5.41, 5.74) is 4.28. The van der Waals surface area contributed by atoms with Crippen LogP contribution in [-0.2, 0) is 0 Å². The summed E-state index contributed by atoms with van der Waals surface area (Å²) in [6.07, 6.45) is 1.87. The number of hydrogen-bond acceptors (Lipinski definition) is 2. The summed E-state index contributed by atoms with van der Waals surface area (Å²) in [4.78, 5) is 15.6. The molecule has 0 fully saturated rings. The lowest BCUT2D eigenvalue weighted by Crippen LogP contribution is -2.13. The number of carbonyl (C=O) groups excluding carboxylic acids is 1. The Bertz CT molecular complexity index is 842. The van der Waals surface area contributed by atoms with Crippen molar-refractivity contribution in [3.63, 3.8) is 0 Å². The van der Waals surface area contributed by atoms with Crippen LogP contribution in [0.1, 0.15) is 41.6 Å². The highest BCUT2D eigenvalue weighted by molar-refractivity contribution is 6.06. The Morgan fingerprint density at radius 3 is 2.73 bits per heavy atom. The number of anilines is 1. The summed E-state index contributed by atoms with van der Waals surface area (Å²) in [7, 11) is 0. The van der Waals surface area contributed by atoms with Crippen molar-refractivity contribution in [1.82, 2.24) is 14.8 Å². The summed E-state index contributed by atoms with van der Waals surface area (Å²) in [5, 5.41) is 8.52. The van der Waals surface area contributed by atoms with Gasteiger partial charge in [0.2, 0.25) is 0 Å². The lowest BCUT2D eigenvalue weighted by molar-refractivity contribution is 0.102. The first-order valence-corrected chi connectivity index (χ1v) is 7.41. The Labute approximate surface area is 129 Å². The maximum atomic E-state index is 12.5. The minimum absolute atomic E-state index is 0.113. The standard InChI is InChI=1S/C17H20N4O/c1-10(2)21-12(4)16(11(3)20-21)19-17(22)14-5-6-15-13(9-14)7-8-18-15/h5-10,18H,1-4H3,(H,19,22). The minimum atomic E-state index is -0.113. The molecule has 114 valence electrons. The van der Waals surface area contributed by atoms with Crippen LogP contribution in [0.25, 0.3) is 10.9 Å². The summed E-state index contributed by atoms with van der Waals surface area (Å²) in [5.74, 6) is -0.113. The van der Waals surface area contributed by atoms with E-state index < -0.39 is 0 Å². The largest absolute Gasteiger partial charge is 0.361 e. The molecule has 0 radical (unpaired) electrons. The molecule has 1 aromatic carbocycles. The summed E-state index contributed by atoms with van der Waals surface area (Å²) >= 11 is 0. The maximum absolute atomic E-state index is 12.5. The molecule has 5 heteroatoms. The third-order valence-electron chi connectivity index (χ3n) is 3.87. The second-order valence-corrected chi connectivity index (χ2v) is 5.82. The molecule has 3 aromatic rings. The van der Waals surface area contributed by atoms with E-state index in [0.717, 1.165) is 28.0 Å². The zero-order valence-corrected chi connectivity index (χ0v) is 13.3. The highest BCUT2D eigenvalue weighted by Gasteiger charge is 2.16. The van der Waals surface area contributed by atoms with Gasteiger partial charge in [0.25, 0.3) is 5.91 Å². The number of nitrogens with one attached hydrogen (secondary N) is 2. The van der Waals surface area contributed by atoms with E-state index in [4.69, 9.17) is 0 Å². The molecular weight excluding hydrogens is 276 g/mol. The van der Waals surface area contributed by atoms with E-state index in [9.17, 15) is 4.79 Å². The van der Waals surface area contributed by atoms with Gasteiger partial charge < -0.3 is 10.3 Å². The molecule has 0 saturated carbocycles. The molecule has 0 aliphatic rings. The van der Waals surface area contributed by atoms with Gasteiger partial charge >= 0.3 is 0 Å². The van der Waals surface area contributed by atoms with E-state index in [0.29, 0.717) is 5.56 Å². The van der Waals surface area contributed by atoms with E-state index in [2.05, 4.69) is 29.2 Å². The first kappa shape index (κ1) is 14.4. The number of aromatic amines is 1. The van der Waals surface area contributed by atoms with Gasteiger partial charge in [-0.3, -0.25) is 9.48 Å². The van der Waals surface area contributed by atoms with Crippen LogP contribution in [0.2, 0.25) is 0 Å². The lowest BCUT2D eigenvalue weighted by Gasteiger charge is -2.09. The molecule has 0 saturated heterocycles. The molecule has 2 N–H and O–H groups in total. The molecule has 5 nitrogen and oxygen atoms in total. The maximum Gasteiger partial charge on any atom is 0.255 e. The van der Waals surface area contributed by atoms with E-state index in [1.54, 1.807) is 0 Å². The minimum Gasteiger partial charge on any atom is -0.361 e. The number of fused-ring (bicyclic) bond motifs is 1. The van der Waals surface area contributed by atoms with Gasteiger partial charge in [-0.15, -0.1) is 0 Å². The lowest BCUT2D eigenvalue weighted by atomic mass is 10.1. The molecular formula is C17H20N4O. The van der Waals surface area contributed by atoms with Crippen molar-refractivity contribution in [2.45, 2.75) is 33.7 Å². The molecule has 1 amide bonds. The number of carbonyl (C=O) groups is 1. The fourth-order valence-electron chi connectivity index (χ4n) is 2.73. The summed E-state index contributed by atoms with van der Waals surface area (Å²) < 4.78 is 1.93. The number of nitrogens with zero attached hydrogens (tertiary/aromatic N) is 2. The number of hydrogen-bond donors (Lipinski definition) is 2. The average molecular weight is 296 g/mol. The number of rotatable bonds is 3. The predicted molar refractivity (Wildman–Crippen MR) is 88.3 cm³/mol. The summed E-state index contributed by atoms with van der Waals surface area (Å²) in [6.45, 7) is 8.04. The van der Waals surface area contributed by atoms with Crippen molar-refractivity contribution in [2.24, 2.45) is 0 Å². The quantitative estimate of drug-likeness (QED) is 0.772. The van der Waals surface area contributed by atoms with Gasteiger partial charge in [-0.1, -0.05) is 0 Å². The molecule has 0 aliphatic heterocycles. The van der Waals surface area contributed by atoms with Crippen LogP contribution in [0.5, 0.6) is 0 Å². The van der Waals surface area contributed by atoms with Crippen molar-refractivity contribution in [3.05, 3.63) is 47.4 Å². The molecule has 0 bridgehead atoms. The third-order valence-corrected chi connectivity index (χ3v) is 3.87. The Kier molecular flexibility index (Phi) is 3.48.